The normalized spacial score (nSPS) is 12.9. The van der Waals surface area contributed by atoms with Crippen molar-refractivity contribution in [3.63, 3.8) is 0 Å². The zero-order valence-corrected chi connectivity index (χ0v) is 12.3. The van der Waals surface area contributed by atoms with E-state index in [-0.39, 0.29) is 27.1 Å². The van der Waals surface area contributed by atoms with Gasteiger partial charge in [0.15, 0.2) is 0 Å². The summed E-state index contributed by atoms with van der Waals surface area (Å²) in [5.41, 5.74) is 1.99. The van der Waals surface area contributed by atoms with Gasteiger partial charge in [0.1, 0.15) is 16.2 Å². The Hall–Kier alpha value is -2.84. The van der Waals surface area contributed by atoms with Crippen LogP contribution in [-0.2, 0) is 10.1 Å². The Balaban J connectivity index is 2.13. The second kappa shape index (κ2) is 4.58. The van der Waals surface area contributed by atoms with Gasteiger partial charge >= 0.3 is 0 Å². The summed E-state index contributed by atoms with van der Waals surface area (Å²) in [6.45, 7) is 0. The third-order valence-corrected chi connectivity index (χ3v) is 4.54. The molecule has 0 saturated heterocycles. The van der Waals surface area contributed by atoms with Gasteiger partial charge in [-0.1, -0.05) is 0 Å². The Morgan fingerprint density at radius 2 is 1.83 bits per heavy atom. The van der Waals surface area contributed by atoms with E-state index in [4.69, 9.17) is 0 Å². The van der Waals surface area contributed by atoms with E-state index in [0.717, 1.165) is 0 Å². The molecule has 23 heavy (non-hydrogen) atoms. The molecule has 0 unspecified atom stereocenters. The highest BCUT2D eigenvalue weighted by Gasteiger charge is 2.23. The standard InChI is InChI=1S/C15H9N3O4S/c19-15-11(9-4-3-8-6-12(9)18-17-8)7-13(23(20,21)22)10-2-1-5-16-14(10)15/h1-7,19H,(H,20,21,22). The van der Waals surface area contributed by atoms with Gasteiger partial charge in [-0.3, -0.25) is 9.54 Å². The minimum Gasteiger partial charge on any atom is -0.505 e. The number of aromatic hydroxyl groups is 1. The molecule has 7 nitrogen and oxygen atoms in total. The lowest BCUT2D eigenvalue weighted by Gasteiger charge is -2.11. The average Bonchev–Trinajstić information content (AvgIpc) is 2.89. The minimum atomic E-state index is -4.49. The molecular formula is C15H9N3O4S. The summed E-state index contributed by atoms with van der Waals surface area (Å²) < 4.78 is 32.9. The van der Waals surface area contributed by atoms with Crippen LogP contribution in [0.4, 0.5) is 11.4 Å². The molecule has 2 bridgehead atoms. The molecule has 1 aromatic heterocycles. The van der Waals surface area contributed by atoms with Gasteiger partial charge in [0.05, 0.1) is 11.4 Å². The van der Waals surface area contributed by atoms with Gasteiger partial charge < -0.3 is 5.11 Å². The summed E-state index contributed by atoms with van der Waals surface area (Å²) in [7, 11) is -4.49. The van der Waals surface area contributed by atoms with Crippen LogP contribution in [0.3, 0.4) is 0 Å². The molecule has 1 aliphatic rings. The Morgan fingerprint density at radius 1 is 1.00 bits per heavy atom. The maximum atomic E-state index is 11.7. The second-order valence-corrected chi connectivity index (χ2v) is 6.44. The predicted molar refractivity (Wildman–Crippen MR) is 82.8 cm³/mol. The Bertz CT molecular complexity index is 1110. The molecule has 0 atom stereocenters. The van der Waals surface area contributed by atoms with E-state index in [1.807, 2.05) is 0 Å². The predicted octanol–water partition coefficient (Wildman–Crippen LogP) is 3.58. The quantitative estimate of drug-likeness (QED) is 0.546. The van der Waals surface area contributed by atoms with Crippen molar-refractivity contribution in [3.05, 3.63) is 42.6 Å². The number of pyridine rings is 1. The van der Waals surface area contributed by atoms with Gasteiger partial charge in [0.2, 0.25) is 0 Å². The number of fused-ring (bicyclic) bond motifs is 3. The number of azo groups is 1. The van der Waals surface area contributed by atoms with E-state index < -0.39 is 10.1 Å². The number of hydrogen-bond donors (Lipinski definition) is 2. The van der Waals surface area contributed by atoms with Crippen LogP contribution >= 0.6 is 0 Å². The van der Waals surface area contributed by atoms with Crippen LogP contribution in [0.1, 0.15) is 0 Å². The van der Waals surface area contributed by atoms with Crippen LogP contribution in [0, 0.1) is 0 Å². The third-order valence-electron chi connectivity index (χ3n) is 3.65. The van der Waals surface area contributed by atoms with Crippen molar-refractivity contribution in [1.82, 2.24) is 4.98 Å². The fourth-order valence-electron chi connectivity index (χ4n) is 2.62. The lowest BCUT2D eigenvalue weighted by molar-refractivity contribution is 0.479. The number of phenols is 1. The van der Waals surface area contributed by atoms with Crippen molar-refractivity contribution in [2.45, 2.75) is 4.90 Å². The van der Waals surface area contributed by atoms with Crippen molar-refractivity contribution in [3.8, 4) is 16.9 Å². The Kier molecular flexibility index (Phi) is 2.75. The lowest BCUT2D eigenvalue weighted by Crippen LogP contribution is -2.01. The first-order chi connectivity index (χ1) is 10.9. The highest BCUT2D eigenvalue weighted by Crippen LogP contribution is 2.45. The second-order valence-electron chi connectivity index (χ2n) is 5.05. The van der Waals surface area contributed by atoms with E-state index in [1.165, 1.54) is 24.4 Å². The van der Waals surface area contributed by atoms with Crippen molar-refractivity contribution < 1.29 is 18.1 Å². The molecule has 0 saturated carbocycles. The molecule has 0 fully saturated rings. The maximum absolute atomic E-state index is 11.7. The topological polar surface area (TPSA) is 112 Å². The van der Waals surface area contributed by atoms with Crippen molar-refractivity contribution >= 4 is 32.4 Å². The number of nitrogens with zero attached hydrogens (tertiary/aromatic N) is 3. The summed E-state index contributed by atoms with van der Waals surface area (Å²) in [6, 6.07) is 9.31. The fourth-order valence-corrected chi connectivity index (χ4v) is 3.33. The number of rotatable bonds is 2. The molecule has 2 heterocycles. The lowest BCUT2D eigenvalue weighted by atomic mass is 10.0. The van der Waals surface area contributed by atoms with Crippen LogP contribution in [0.2, 0.25) is 0 Å². The van der Waals surface area contributed by atoms with Crippen molar-refractivity contribution in [2.75, 3.05) is 0 Å². The Labute approximate surface area is 130 Å². The van der Waals surface area contributed by atoms with Crippen molar-refractivity contribution in [1.29, 1.82) is 0 Å². The van der Waals surface area contributed by atoms with Gasteiger partial charge in [-0.25, -0.2) is 0 Å². The van der Waals surface area contributed by atoms with Gasteiger partial charge in [-0.15, -0.1) is 5.11 Å². The summed E-state index contributed by atoms with van der Waals surface area (Å²) in [4.78, 5) is 3.71. The largest absolute Gasteiger partial charge is 0.505 e. The third kappa shape index (κ3) is 2.07. The minimum absolute atomic E-state index is 0.0869. The molecule has 0 radical (unpaired) electrons. The van der Waals surface area contributed by atoms with E-state index in [1.54, 1.807) is 18.2 Å². The smallest absolute Gasteiger partial charge is 0.295 e. The summed E-state index contributed by atoms with van der Waals surface area (Å²) >= 11 is 0. The molecule has 0 amide bonds. The van der Waals surface area contributed by atoms with Crippen LogP contribution in [0.25, 0.3) is 22.0 Å². The SMILES string of the molecule is O=S(=O)(O)c1cc(-c2ccc3cc2N=N3)c(O)c2ncccc12. The molecule has 0 aliphatic carbocycles. The van der Waals surface area contributed by atoms with Crippen molar-refractivity contribution in [2.24, 2.45) is 10.2 Å². The van der Waals surface area contributed by atoms with E-state index in [2.05, 4.69) is 15.2 Å². The van der Waals surface area contributed by atoms with Crippen LogP contribution in [0.5, 0.6) is 5.75 Å². The van der Waals surface area contributed by atoms with E-state index in [0.29, 0.717) is 16.9 Å². The van der Waals surface area contributed by atoms with E-state index in [9.17, 15) is 18.1 Å². The molecule has 8 heteroatoms. The van der Waals surface area contributed by atoms with Crippen LogP contribution < -0.4 is 0 Å². The van der Waals surface area contributed by atoms with Crippen LogP contribution in [-0.4, -0.2) is 23.1 Å². The zero-order valence-electron chi connectivity index (χ0n) is 11.5. The average molecular weight is 327 g/mol. The zero-order chi connectivity index (χ0) is 16.2. The highest BCUT2D eigenvalue weighted by atomic mass is 32.2. The summed E-state index contributed by atoms with van der Waals surface area (Å²) in [5, 5.41) is 18.6. The summed E-state index contributed by atoms with van der Waals surface area (Å²) in [5.74, 6) is -0.181. The molecular weight excluding hydrogens is 318 g/mol. The molecule has 3 aromatic rings. The molecule has 4 rings (SSSR count). The number of aromatic nitrogens is 1. The molecule has 1 aliphatic heterocycles. The van der Waals surface area contributed by atoms with Gasteiger partial charge in [0, 0.05) is 22.7 Å². The van der Waals surface area contributed by atoms with E-state index >= 15 is 0 Å². The van der Waals surface area contributed by atoms with Gasteiger partial charge in [-0.2, -0.15) is 13.5 Å². The van der Waals surface area contributed by atoms with Crippen LogP contribution in [0.15, 0.2) is 57.7 Å². The first-order valence-electron chi connectivity index (χ1n) is 6.59. The number of benzene rings is 2. The maximum Gasteiger partial charge on any atom is 0.295 e. The fraction of sp³-hybridized carbons (Fsp3) is 0. The number of phenolic OH excluding ortho intramolecular Hbond substituents is 1. The highest BCUT2D eigenvalue weighted by molar-refractivity contribution is 7.86. The molecule has 0 spiro atoms. The molecule has 2 N–H and O–H groups in total. The number of hydrogen-bond acceptors (Lipinski definition) is 6. The first-order valence-corrected chi connectivity index (χ1v) is 8.03. The first kappa shape index (κ1) is 13.8. The molecule has 2 aromatic carbocycles. The Morgan fingerprint density at radius 3 is 2.61 bits per heavy atom. The van der Waals surface area contributed by atoms with Gasteiger partial charge in [-0.05, 0) is 36.4 Å². The monoisotopic (exact) mass is 327 g/mol. The molecule has 114 valence electrons. The van der Waals surface area contributed by atoms with Gasteiger partial charge in [0.25, 0.3) is 10.1 Å². The summed E-state index contributed by atoms with van der Waals surface area (Å²) in [6.07, 6.45) is 1.43.